The standard InChI is InChI=1S/C18H25ClN6.ClH/c1-25-16(8-11-2-3-11)14(9-22-25)17-15(19)10-21-18(24-17)23-13-6-4-12(20)5-7-13;/h9-13H,2-8,20H2,1H3,(H,21,23,24);1H. The van der Waals surface area contributed by atoms with Crippen LogP contribution < -0.4 is 11.1 Å². The quantitative estimate of drug-likeness (QED) is 0.806. The molecule has 2 aromatic rings. The Bertz CT molecular complexity index is 750. The van der Waals surface area contributed by atoms with Crippen molar-refractivity contribution in [2.45, 2.75) is 57.0 Å². The van der Waals surface area contributed by atoms with Crippen molar-refractivity contribution < 1.29 is 0 Å². The predicted octanol–water partition coefficient (Wildman–Crippen LogP) is 3.59. The second kappa shape index (κ2) is 8.11. The van der Waals surface area contributed by atoms with Crippen LogP contribution in [0.3, 0.4) is 0 Å². The van der Waals surface area contributed by atoms with Crippen LogP contribution in [0.2, 0.25) is 5.02 Å². The smallest absolute Gasteiger partial charge is 0.223 e. The van der Waals surface area contributed by atoms with Crippen LogP contribution in [0.15, 0.2) is 12.4 Å². The second-order valence-electron chi connectivity index (χ2n) is 7.42. The number of halogens is 2. The lowest BCUT2D eigenvalue weighted by Crippen LogP contribution is -2.33. The van der Waals surface area contributed by atoms with Crippen molar-refractivity contribution in [1.29, 1.82) is 0 Å². The number of rotatable bonds is 5. The van der Waals surface area contributed by atoms with Gasteiger partial charge in [-0.15, -0.1) is 12.4 Å². The SMILES string of the molecule is Cl.Cn1ncc(-c2nc(NC3CCC(N)CC3)ncc2Cl)c1CC1CC1. The molecule has 2 fully saturated rings. The summed E-state index contributed by atoms with van der Waals surface area (Å²) < 4.78 is 1.95. The van der Waals surface area contributed by atoms with Crippen LogP contribution in [0.25, 0.3) is 11.3 Å². The zero-order valence-corrected chi connectivity index (χ0v) is 16.6. The van der Waals surface area contributed by atoms with Crippen LogP contribution in [-0.2, 0) is 13.5 Å². The summed E-state index contributed by atoms with van der Waals surface area (Å²) in [4.78, 5) is 9.09. The van der Waals surface area contributed by atoms with E-state index in [1.807, 2.05) is 17.9 Å². The van der Waals surface area contributed by atoms with Gasteiger partial charge in [0.1, 0.15) is 0 Å². The van der Waals surface area contributed by atoms with E-state index in [1.165, 1.54) is 18.5 Å². The second-order valence-corrected chi connectivity index (χ2v) is 7.83. The third-order valence-corrected chi connectivity index (χ3v) is 5.62. The molecule has 26 heavy (non-hydrogen) atoms. The fourth-order valence-corrected chi connectivity index (χ4v) is 3.76. The molecule has 4 rings (SSSR count). The number of hydrogen-bond donors (Lipinski definition) is 2. The van der Waals surface area contributed by atoms with Crippen molar-refractivity contribution in [2.24, 2.45) is 18.7 Å². The van der Waals surface area contributed by atoms with Gasteiger partial charge in [-0.3, -0.25) is 4.68 Å². The summed E-state index contributed by atoms with van der Waals surface area (Å²) >= 11 is 6.42. The number of nitrogens with one attached hydrogen (secondary N) is 1. The van der Waals surface area contributed by atoms with Crippen molar-refractivity contribution in [1.82, 2.24) is 19.7 Å². The summed E-state index contributed by atoms with van der Waals surface area (Å²) in [5.74, 6) is 1.42. The summed E-state index contributed by atoms with van der Waals surface area (Å²) in [6.07, 6.45) is 11.4. The molecule has 2 aliphatic carbocycles. The highest BCUT2D eigenvalue weighted by Crippen LogP contribution is 2.37. The molecule has 0 amide bonds. The Morgan fingerprint density at radius 1 is 1.19 bits per heavy atom. The van der Waals surface area contributed by atoms with Gasteiger partial charge in [0.25, 0.3) is 0 Å². The molecule has 0 saturated heterocycles. The Balaban J connectivity index is 0.00000196. The van der Waals surface area contributed by atoms with Crippen LogP contribution in [0, 0.1) is 5.92 Å². The fourth-order valence-electron chi connectivity index (χ4n) is 3.57. The molecule has 2 aliphatic rings. The monoisotopic (exact) mass is 396 g/mol. The summed E-state index contributed by atoms with van der Waals surface area (Å²) in [6.45, 7) is 0. The third-order valence-electron chi connectivity index (χ3n) is 5.34. The average Bonchev–Trinajstić information content (AvgIpc) is 3.35. The minimum Gasteiger partial charge on any atom is -0.351 e. The van der Waals surface area contributed by atoms with Crippen molar-refractivity contribution in [3.8, 4) is 11.3 Å². The molecule has 8 heteroatoms. The Morgan fingerprint density at radius 3 is 2.62 bits per heavy atom. The number of nitrogens with zero attached hydrogens (tertiary/aromatic N) is 4. The van der Waals surface area contributed by atoms with Crippen LogP contribution in [0.5, 0.6) is 0 Å². The van der Waals surface area contributed by atoms with E-state index < -0.39 is 0 Å². The molecule has 0 bridgehead atoms. The van der Waals surface area contributed by atoms with Crippen LogP contribution >= 0.6 is 24.0 Å². The first-order chi connectivity index (χ1) is 12.1. The molecule has 0 unspecified atom stereocenters. The minimum absolute atomic E-state index is 0. The molecular weight excluding hydrogens is 371 g/mol. The van der Waals surface area contributed by atoms with Gasteiger partial charge in [0.15, 0.2) is 0 Å². The van der Waals surface area contributed by atoms with Crippen molar-refractivity contribution in [3.63, 3.8) is 0 Å². The normalized spacial score (nSPS) is 22.7. The topological polar surface area (TPSA) is 81.7 Å². The van der Waals surface area contributed by atoms with Gasteiger partial charge in [-0.25, -0.2) is 9.97 Å². The van der Waals surface area contributed by atoms with Gasteiger partial charge in [0.2, 0.25) is 5.95 Å². The molecule has 2 aromatic heterocycles. The Kier molecular flexibility index (Phi) is 6.05. The molecule has 2 saturated carbocycles. The van der Waals surface area contributed by atoms with E-state index in [0.29, 0.717) is 23.1 Å². The predicted molar refractivity (Wildman–Crippen MR) is 107 cm³/mol. The highest BCUT2D eigenvalue weighted by molar-refractivity contribution is 6.32. The largest absolute Gasteiger partial charge is 0.351 e. The number of nitrogens with two attached hydrogens (primary N) is 1. The van der Waals surface area contributed by atoms with Crippen molar-refractivity contribution in [3.05, 3.63) is 23.1 Å². The summed E-state index contributed by atoms with van der Waals surface area (Å²) in [7, 11) is 1.99. The summed E-state index contributed by atoms with van der Waals surface area (Å²) in [5.41, 5.74) is 8.99. The summed E-state index contributed by atoms with van der Waals surface area (Å²) in [5, 5.41) is 8.46. The zero-order chi connectivity index (χ0) is 17.4. The van der Waals surface area contributed by atoms with Gasteiger partial charge >= 0.3 is 0 Å². The molecule has 2 heterocycles. The van der Waals surface area contributed by atoms with Crippen molar-refractivity contribution >= 4 is 30.0 Å². The Hall–Kier alpha value is -1.37. The van der Waals surface area contributed by atoms with Gasteiger partial charge in [-0.2, -0.15) is 5.10 Å². The average molecular weight is 397 g/mol. The summed E-state index contributed by atoms with van der Waals surface area (Å²) in [6, 6.07) is 0.716. The van der Waals surface area contributed by atoms with Gasteiger partial charge in [-0.1, -0.05) is 11.6 Å². The highest BCUT2D eigenvalue weighted by Gasteiger charge is 2.26. The van der Waals surface area contributed by atoms with E-state index in [1.54, 1.807) is 6.20 Å². The lowest BCUT2D eigenvalue weighted by atomic mass is 9.92. The first-order valence-electron chi connectivity index (χ1n) is 9.16. The molecule has 0 radical (unpaired) electrons. The number of aromatic nitrogens is 4. The molecule has 0 aliphatic heterocycles. The lowest BCUT2D eigenvalue weighted by molar-refractivity contribution is 0.410. The van der Waals surface area contributed by atoms with E-state index in [0.717, 1.165) is 49.3 Å². The van der Waals surface area contributed by atoms with Gasteiger partial charge < -0.3 is 11.1 Å². The van der Waals surface area contributed by atoms with Gasteiger partial charge in [0, 0.05) is 30.4 Å². The number of hydrogen-bond acceptors (Lipinski definition) is 5. The van der Waals surface area contributed by atoms with E-state index in [-0.39, 0.29) is 12.4 Å². The molecule has 3 N–H and O–H groups in total. The first-order valence-corrected chi connectivity index (χ1v) is 9.54. The fraction of sp³-hybridized carbons (Fsp3) is 0.611. The Labute approximate surface area is 165 Å². The molecule has 0 spiro atoms. The van der Waals surface area contributed by atoms with E-state index in [2.05, 4.69) is 15.4 Å². The third kappa shape index (κ3) is 4.30. The molecule has 6 nitrogen and oxygen atoms in total. The number of anilines is 1. The van der Waals surface area contributed by atoms with Crippen LogP contribution in [0.1, 0.15) is 44.2 Å². The molecule has 0 aromatic carbocycles. The highest BCUT2D eigenvalue weighted by atomic mass is 35.5. The van der Waals surface area contributed by atoms with Crippen LogP contribution in [-0.4, -0.2) is 31.8 Å². The van der Waals surface area contributed by atoms with E-state index >= 15 is 0 Å². The maximum absolute atomic E-state index is 6.42. The zero-order valence-electron chi connectivity index (χ0n) is 15.0. The Morgan fingerprint density at radius 2 is 1.92 bits per heavy atom. The lowest BCUT2D eigenvalue weighted by Gasteiger charge is -2.26. The molecule has 0 atom stereocenters. The van der Waals surface area contributed by atoms with Gasteiger partial charge in [-0.05, 0) is 50.9 Å². The number of aryl methyl sites for hydroxylation is 1. The molecule has 142 valence electrons. The minimum atomic E-state index is 0. The van der Waals surface area contributed by atoms with Gasteiger partial charge in [0.05, 0.1) is 23.1 Å². The molecular formula is C18H26Cl2N6. The van der Waals surface area contributed by atoms with Crippen LogP contribution in [0.4, 0.5) is 5.95 Å². The maximum atomic E-state index is 6.42. The maximum Gasteiger partial charge on any atom is 0.223 e. The van der Waals surface area contributed by atoms with Crippen molar-refractivity contribution in [2.75, 3.05) is 5.32 Å². The van der Waals surface area contributed by atoms with E-state index in [9.17, 15) is 0 Å². The first kappa shape index (κ1) is 19.4. The van der Waals surface area contributed by atoms with E-state index in [4.69, 9.17) is 22.3 Å².